The van der Waals surface area contributed by atoms with Gasteiger partial charge >= 0.3 is 17.9 Å². The number of rotatable bonds is 50. The van der Waals surface area contributed by atoms with Gasteiger partial charge in [0, 0.05) is 19.3 Å². The molecule has 0 rings (SSSR count). The van der Waals surface area contributed by atoms with Gasteiger partial charge in [0.2, 0.25) is 0 Å². The van der Waals surface area contributed by atoms with E-state index in [0.717, 1.165) is 122 Å². The van der Waals surface area contributed by atoms with E-state index in [-0.39, 0.29) is 31.1 Å². The van der Waals surface area contributed by atoms with E-state index in [1.165, 1.54) is 103 Å². The highest BCUT2D eigenvalue weighted by Crippen LogP contribution is 2.15. The Morgan fingerprint density at radius 2 is 0.582 bits per heavy atom. The minimum atomic E-state index is -0.797. The molecule has 0 radical (unpaired) electrons. The van der Waals surface area contributed by atoms with Crippen molar-refractivity contribution in [2.24, 2.45) is 0 Å². The fourth-order valence-corrected chi connectivity index (χ4v) is 7.68. The van der Waals surface area contributed by atoms with Gasteiger partial charge in [-0.3, -0.25) is 14.4 Å². The van der Waals surface area contributed by atoms with Gasteiger partial charge in [-0.2, -0.15) is 0 Å². The van der Waals surface area contributed by atoms with E-state index in [2.05, 4.69) is 106 Å². The summed E-state index contributed by atoms with van der Waals surface area (Å²) in [6, 6.07) is 0. The summed E-state index contributed by atoms with van der Waals surface area (Å²) in [5, 5.41) is 0. The quantitative estimate of drug-likeness (QED) is 0.0262. The maximum absolute atomic E-state index is 12.8. The van der Waals surface area contributed by atoms with Gasteiger partial charge in [-0.15, -0.1) is 0 Å². The monoisotopic (exact) mass is 933 g/mol. The first kappa shape index (κ1) is 63.6. The summed E-state index contributed by atoms with van der Waals surface area (Å²) in [6.07, 6.45) is 71.4. The number of carbonyl (C=O) groups is 3. The van der Waals surface area contributed by atoms with Crippen LogP contribution in [0.15, 0.2) is 85.1 Å². The van der Waals surface area contributed by atoms with Crippen LogP contribution in [0.25, 0.3) is 0 Å². The average molecular weight is 933 g/mol. The molecule has 0 aliphatic rings. The van der Waals surface area contributed by atoms with Gasteiger partial charge < -0.3 is 14.2 Å². The number of carbonyl (C=O) groups excluding carboxylic acids is 3. The standard InChI is InChI=1S/C61H104O6/c1-4-7-10-13-16-19-22-25-28-29-30-31-34-36-39-42-45-48-51-54-60(63)66-57-58(67-61(64)55-52-49-46-43-40-37-33-27-24-21-18-15-12-9-6-3)56-65-59(62)53-50-47-44-41-38-35-32-26-23-20-17-14-11-8-5-2/h7,10,16,18-19,21,25,27-28,30-31,33,36,39,58H,4-6,8-9,11-15,17,20,22-24,26,29,32,34-35,37-38,40-57H2,1-3H3/b10-7-,19-16-,21-18-,28-25-,31-30-,33-27-,39-36-/t58-/m1/s1. The molecule has 0 unspecified atom stereocenters. The maximum Gasteiger partial charge on any atom is 0.306 e. The molecule has 1 atom stereocenters. The Hall–Kier alpha value is -3.41. The molecule has 0 N–H and O–H groups in total. The first-order valence-corrected chi connectivity index (χ1v) is 28.1. The Morgan fingerprint density at radius 1 is 0.313 bits per heavy atom. The summed E-state index contributed by atoms with van der Waals surface area (Å²) in [6.45, 7) is 6.47. The second kappa shape index (κ2) is 55.2. The summed E-state index contributed by atoms with van der Waals surface area (Å²) in [4.78, 5) is 38.1. The van der Waals surface area contributed by atoms with Crippen LogP contribution in [0, 0.1) is 0 Å². The topological polar surface area (TPSA) is 78.9 Å². The van der Waals surface area contributed by atoms with Crippen molar-refractivity contribution < 1.29 is 28.6 Å². The van der Waals surface area contributed by atoms with Crippen molar-refractivity contribution >= 4 is 17.9 Å². The van der Waals surface area contributed by atoms with Crippen LogP contribution in [0.3, 0.4) is 0 Å². The Balaban J connectivity index is 4.46. The van der Waals surface area contributed by atoms with Crippen LogP contribution in [-0.4, -0.2) is 37.2 Å². The van der Waals surface area contributed by atoms with Gasteiger partial charge in [-0.05, 0) is 96.3 Å². The van der Waals surface area contributed by atoms with E-state index >= 15 is 0 Å². The third kappa shape index (κ3) is 53.4. The number of ether oxygens (including phenoxy) is 3. The summed E-state index contributed by atoms with van der Waals surface area (Å²) < 4.78 is 16.8. The molecule has 0 aromatic carbocycles. The third-order valence-electron chi connectivity index (χ3n) is 11.9. The highest BCUT2D eigenvalue weighted by atomic mass is 16.6. The van der Waals surface area contributed by atoms with Crippen LogP contribution in [0.1, 0.15) is 265 Å². The van der Waals surface area contributed by atoms with Crippen molar-refractivity contribution in [1.29, 1.82) is 0 Å². The molecule has 0 saturated heterocycles. The molecular weight excluding hydrogens is 829 g/mol. The Bertz CT molecular complexity index is 1300. The first-order chi connectivity index (χ1) is 33.0. The molecule has 0 saturated carbocycles. The molecule has 384 valence electrons. The predicted molar refractivity (Wildman–Crippen MR) is 288 cm³/mol. The molecule has 0 aromatic rings. The van der Waals surface area contributed by atoms with E-state index in [1.807, 2.05) is 0 Å². The summed E-state index contributed by atoms with van der Waals surface area (Å²) in [5.74, 6) is -0.933. The second-order valence-corrected chi connectivity index (χ2v) is 18.5. The van der Waals surface area contributed by atoms with Crippen LogP contribution in [0.2, 0.25) is 0 Å². The third-order valence-corrected chi connectivity index (χ3v) is 11.9. The average Bonchev–Trinajstić information content (AvgIpc) is 3.33. The zero-order valence-electron chi connectivity index (χ0n) is 43.9. The fraction of sp³-hybridized carbons (Fsp3) is 0.721. The lowest BCUT2D eigenvalue weighted by Gasteiger charge is -2.18. The van der Waals surface area contributed by atoms with Crippen LogP contribution < -0.4 is 0 Å². The van der Waals surface area contributed by atoms with Crippen LogP contribution in [0.5, 0.6) is 0 Å². The maximum atomic E-state index is 12.8. The van der Waals surface area contributed by atoms with Gasteiger partial charge in [0.15, 0.2) is 6.10 Å². The Labute approximate surface area is 414 Å². The molecule has 0 bridgehead atoms. The lowest BCUT2D eigenvalue weighted by atomic mass is 10.0. The molecule has 0 spiro atoms. The number of esters is 3. The molecule has 0 amide bonds. The summed E-state index contributed by atoms with van der Waals surface area (Å²) in [5.41, 5.74) is 0. The van der Waals surface area contributed by atoms with Crippen LogP contribution >= 0.6 is 0 Å². The van der Waals surface area contributed by atoms with Crippen molar-refractivity contribution in [2.75, 3.05) is 13.2 Å². The Morgan fingerprint density at radius 3 is 0.955 bits per heavy atom. The lowest BCUT2D eigenvalue weighted by molar-refractivity contribution is -0.167. The minimum absolute atomic E-state index is 0.0913. The molecule has 0 aliphatic carbocycles. The van der Waals surface area contributed by atoms with Crippen molar-refractivity contribution in [2.45, 2.75) is 271 Å². The number of allylic oxidation sites excluding steroid dienone is 14. The lowest BCUT2D eigenvalue weighted by Crippen LogP contribution is -2.30. The van der Waals surface area contributed by atoms with E-state index in [9.17, 15) is 14.4 Å². The number of hydrogen-bond acceptors (Lipinski definition) is 6. The van der Waals surface area contributed by atoms with Crippen LogP contribution in [0.4, 0.5) is 0 Å². The smallest absolute Gasteiger partial charge is 0.306 e. The second-order valence-electron chi connectivity index (χ2n) is 18.5. The van der Waals surface area contributed by atoms with Gasteiger partial charge in [-0.25, -0.2) is 0 Å². The molecule has 67 heavy (non-hydrogen) atoms. The normalized spacial score (nSPS) is 12.7. The zero-order valence-corrected chi connectivity index (χ0v) is 43.9. The van der Waals surface area contributed by atoms with E-state index < -0.39 is 6.10 Å². The molecule has 0 aromatic heterocycles. The highest BCUT2D eigenvalue weighted by Gasteiger charge is 2.19. The van der Waals surface area contributed by atoms with Gasteiger partial charge in [-0.1, -0.05) is 234 Å². The van der Waals surface area contributed by atoms with Crippen molar-refractivity contribution in [1.82, 2.24) is 0 Å². The molecule has 0 heterocycles. The fourth-order valence-electron chi connectivity index (χ4n) is 7.68. The van der Waals surface area contributed by atoms with E-state index in [0.29, 0.717) is 19.3 Å². The minimum Gasteiger partial charge on any atom is -0.462 e. The summed E-state index contributed by atoms with van der Waals surface area (Å²) in [7, 11) is 0. The van der Waals surface area contributed by atoms with Crippen LogP contribution in [-0.2, 0) is 28.6 Å². The van der Waals surface area contributed by atoms with Crippen molar-refractivity contribution in [3.05, 3.63) is 85.1 Å². The molecule has 0 fully saturated rings. The summed E-state index contributed by atoms with van der Waals surface area (Å²) >= 11 is 0. The molecule has 6 nitrogen and oxygen atoms in total. The zero-order chi connectivity index (χ0) is 48.6. The molecular formula is C61H104O6. The number of unbranched alkanes of at least 4 members (excludes halogenated alkanes) is 25. The molecule has 0 aliphatic heterocycles. The largest absolute Gasteiger partial charge is 0.462 e. The van der Waals surface area contributed by atoms with Gasteiger partial charge in [0.25, 0.3) is 0 Å². The number of hydrogen-bond donors (Lipinski definition) is 0. The van der Waals surface area contributed by atoms with Crippen molar-refractivity contribution in [3.63, 3.8) is 0 Å². The SMILES string of the molecule is CC/C=C\C/C=C\C/C=C\C/C=C\C/C=C\CCCCCC(=O)OC[C@@H](COC(=O)CCCCCCCCCCCCCCCCC)OC(=O)CCCCCCC/C=C\C/C=C\CCCCC. The van der Waals surface area contributed by atoms with E-state index in [1.54, 1.807) is 0 Å². The van der Waals surface area contributed by atoms with Crippen molar-refractivity contribution in [3.8, 4) is 0 Å². The first-order valence-electron chi connectivity index (χ1n) is 28.1. The van der Waals surface area contributed by atoms with E-state index in [4.69, 9.17) is 14.2 Å². The predicted octanol–water partition coefficient (Wildman–Crippen LogP) is 18.8. The Kier molecular flexibility index (Phi) is 52.4. The van der Waals surface area contributed by atoms with Gasteiger partial charge in [0.1, 0.15) is 13.2 Å². The molecule has 6 heteroatoms. The van der Waals surface area contributed by atoms with Gasteiger partial charge in [0.05, 0.1) is 0 Å². The highest BCUT2D eigenvalue weighted by molar-refractivity contribution is 5.71.